The zero-order valence-corrected chi connectivity index (χ0v) is 16.7. The number of amides is 1. The lowest BCUT2D eigenvalue weighted by Gasteiger charge is -2.17. The fraction of sp³-hybridized carbons (Fsp3) is 0.474. The van der Waals surface area contributed by atoms with Gasteiger partial charge in [0.2, 0.25) is 0 Å². The number of benzene rings is 1. The van der Waals surface area contributed by atoms with E-state index in [1.165, 1.54) is 36.9 Å². The minimum atomic E-state index is -0.838. The van der Waals surface area contributed by atoms with Crippen LogP contribution in [0.4, 0.5) is 0 Å². The van der Waals surface area contributed by atoms with Crippen LogP contribution in [-0.4, -0.2) is 60.7 Å². The van der Waals surface area contributed by atoms with Gasteiger partial charge in [-0.25, -0.2) is 4.98 Å². The van der Waals surface area contributed by atoms with Crippen LogP contribution < -0.4 is 15.0 Å². The van der Waals surface area contributed by atoms with Crippen molar-refractivity contribution < 1.29 is 23.8 Å². The first-order valence-corrected chi connectivity index (χ1v) is 8.80. The molecule has 2 rings (SSSR count). The molecule has 0 aliphatic carbocycles. The Balaban J connectivity index is 2.05. The van der Waals surface area contributed by atoms with Gasteiger partial charge in [0.05, 0.1) is 31.4 Å². The van der Waals surface area contributed by atoms with Gasteiger partial charge in [-0.05, 0) is 19.4 Å². The fourth-order valence-corrected chi connectivity index (χ4v) is 2.71. The molecule has 0 aliphatic heterocycles. The number of ether oxygens (including phenoxy) is 3. The number of aromatic nitrogens is 2. The van der Waals surface area contributed by atoms with E-state index in [0.717, 1.165) is 0 Å². The Morgan fingerprint density at radius 2 is 1.82 bits per heavy atom. The van der Waals surface area contributed by atoms with E-state index in [-0.39, 0.29) is 17.9 Å². The van der Waals surface area contributed by atoms with Gasteiger partial charge in [-0.15, -0.1) is 0 Å². The highest BCUT2D eigenvalue weighted by Crippen LogP contribution is 2.29. The number of fused-ring (bicyclic) bond motifs is 1. The van der Waals surface area contributed by atoms with Crippen LogP contribution in [0.1, 0.15) is 19.8 Å². The highest BCUT2D eigenvalue weighted by atomic mass is 16.5. The van der Waals surface area contributed by atoms with Crippen molar-refractivity contribution in [1.82, 2.24) is 14.5 Å². The highest BCUT2D eigenvalue weighted by Gasteiger charge is 2.19. The Hall–Kier alpha value is -3.10. The van der Waals surface area contributed by atoms with E-state index in [9.17, 15) is 14.4 Å². The number of esters is 1. The summed E-state index contributed by atoms with van der Waals surface area (Å²) in [6.45, 7) is 1.82. The molecule has 0 N–H and O–H groups in total. The van der Waals surface area contributed by atoms with Crippen molar-refractivity contribution in [2.75, 3.05) is 28.3 Å². The molecule has 1 aromatic carbocycles. The van der Waals surface area contributed by atoms with Gasteiger partial charge in [-0.2, -0.15) is 0 Å². The predicted octanol–water partition coefficient (Wildman–Crippen LogP) is 1.21. The van der Waals surface area contributed by atoms with Crippen molar-refractivity contribution in [2.45, 2.75) is 32.4 Å². The van der Waals surface area contributed by atoms with Crippen LogP contribution in [0, 0.1) is 0 Å². The maximum atomic E-state index is 12.7. The molecule has 9 nitrogen and oxygen atoms in total. The third-order valence-electron chi connectivity index (χ3n) is 4.21. The smallest absolute Gasteiger partial charge is 0.306 e. The van der Waals surface area contributed by atoms with Crippen LogP contribution in [0.3, 0.4) is 0 Å². The Morgan fingerprint density at radius 1 is 1.18 bits per heavy atom. The van der Waals surface area contributed by atoms with E-state index in [1.807, 2.05) is 0 Å². The lowest BCUT2D eigenvalue weighted by molar-refractivity contribution is -0.158. The Labute approximate surface area is 162 Å². The first-order valence-electron chi connectivity index (χ1n) is 8.80. The number of nitrogens with zero attached hydrogens (tertiary/aromatic N) is 3. The van der Waals surface area contributed by atoms with E-state index in [2.05, 4.69) is 4.98 Å². The number of hydrogen-bond acceptors (Lipinski definition) is 7. The van der Waals surface area contributed by atoms with Gasteiger partial charge in [-0.1, -0.05) is 0 Å². The normalized spacial score (nSPS) is 11.8. The van der Waals surface area contributed by atoms with Gasteiger partial charge >= 0.3 is 5.97 Å². The first-order chi connectivity index (χ1) is 13.3. The summed E-state index contributed by atoms with van der Waals surface area (Å²) in [7, 11) is 6.19. The van der Waals surface area contributed by atoms with E-state index >= 15 is 0 Å². The molecule has 0 fully saturated rings. The van der Waals surface area contributed by atoms with Gasteiger partial charge < -0.3 is 19.1 Å². The van der Waals surface area contributed by atoms with Crippen molar-refractivity contribution in [1.29, 1.82) is 0 Å². The van der Waals surface area contributed by atoms with Crippen molar-refractivity contribution >= 4 is 22.8 Å². The van der Waals surface area contributed by atoms with E-state index < -0.39 is 12.1 Å². The summed E-state index contributed by atoms with van der Waals surface area (Å²) in [5.74, 6) is 0.155. The average molecular weight is 391 g/mol. The SMILES string of the molecule is COc1cc2ncn(CCCC(=O)OC(C)C(=O)N(C)C)c(=O)c2cc1OC. The molecule has 0 saturated carbocycles. The van der Waals surface area contributed by atoms with E-state index in [1.54, 1.807) is 26.2 Å². The highest BCUT2D eigenvalue weighted by molar-refractivity contribution is 5.83. The van der Waals surface area contributed by atoms with Crippen LogP contribution in [0.25, 0.3) is 10.9 Å². The first kappa shape index (κ1) is 21.2. The maximum Gasteiger partial charge on any atom is 0.306 e. The summed E-state index contributed by atoms with van der Waals surface area (Å²) in [5.41, 5.74) is 0.254. The quantitative estimate of drug-likeness (QED) is 0.624. The lowest BCUT2D eigenvalue weighted by atomic mass is 10.2. The van der Waals surface area contributed by atoms with Crippen LogP contribution in [0.5, 0.6) is 11.5 Å². The number of likely N-dealkylation sites (N-methyl/N-ethyl adjacent to an activating group) is 1. The number of carbonyl (C=O) groups excluding carboxylic acids is 2. The Kier molecular flexibility index (Phi) is 6.97. The van der Waals surface area contributed by atoms with Gasteiger partial charge in [-0.3, -0.25) is 19.0 Å². The third-order valence-corrected chi connectivity index (χ3v) is 4.21. The molecule has 0 bridgehead atoms. The van der Waals surface area contributed by atoms with Crippen molar-refractivity contribution in [3.8, 4) is 11.5 Å². The zero-order chi connectivity index (χ0) is 20.8. The fourth-order valence-electron chi connectivity index (χ4n) is 2.71. The van der Waals surface area contributed by atoms with E-state index in [0.29, 0.717) is 35.4 Å². The van der Waals surface area contributed by atoms with Crippen LogP contribution >= 0.6 is 0 Å². The number of rotatable bonds is 8. The molecule has 0 radical (unpaired) electrons. The Morgan fingerprint density at radius 3 is 2.43 bits per heavy atom. The minimum Gasteiger partial charge on any atom is -0.493 e. The van der Waals surface area contributed by atoms with Crippen molar-refractivity contribution in [3.63, 3.8) is 0 Å². The average Bonchev–Trinajstić information content (AvgIpc) is 2.67. The molecule has 1 aromatic heterocycles. The second-order valence-corrected chi connectivity index (χ2v) is 6.44. The number of hydrogen-bond donors (Lipinski definition) is 0. The summed E-state index contributed by atoms with van der Waals surface area (Å²) in [5, 5.41) is 0.396. The minimum absolute atomic E-state index is 0.0848. The summed E-state index contributed by atoms with van der Waals surface area (Å²) >= 11 is 0. The largest absolute Gasteiger partial charge is 0.493 e. The molecule has 1 unspecified atom stereocenters. The zero-order valence-electron chi connectivity index (χ0n) is 16.7. The lowest BCUT2D eigenvalue weighted by Crippen LogP contribution is -2.34. The van der Waals surface area contributed by atoms with Crippen LogP contribution in [0.15, 0.2) is 23.3 Å². The maximum absolute atomic E-state index is 12.7. The number of methoxy groups -OCH3 is 2. The molecule has 28 heavy (non-hydrogen) atoms. The van der Waals surface area contributed by atoms with Crippen LogP contribution in [0.2, 0.25) is 0 Å². The molecule has 1 amide bonds. The predicted molar refractivity (Wildman–Crippen MR) is 103 cm³/mol. The van der Waals surface area contributed by atoms with E-state index in [4.69, 9.17) is 14.2 Å². The second kappa shape index (κ2) is 9.20. The third kappa shape index (κ3) is 4.79. The number of aryl methyl sites for hydroxylation is 1. The molecule has 1 atom stereocenters. The van der Waals surface area contributed by atoms with Crippen molar-refractivity contribution in [3.05, 3.63) is 28.8 Å². The molecule has 0 aliphatic rings. The molecule has 152 valence electrons. The van der Waals surface area contributed by atoms with Gasteiger partial charge in [0, 0.05) is 33.1 Å². The second-order valence-electron chi connectivity index (χ2n) is 6.44. The molecule has 1 heterocycles. The standard InChI is InChI=1S/C19H25N3O6/c1-12(18(24)21(2)3)28-17(23)7-6-8-22-11-20-14-10-16(27-5)15(26-4)9-13(14)19(22)25/h9-12H,6-8H2,1-5H3. The summed E-state index contributed by atoms with van der Waals surface area (Å²) in [6, 6.07) is 3.23. The molecule has 2 aromatic rings. The Bertz CT molecular complexity index is 922. The van der Waals surface area contributed by atoms with Gasteiger partial charge in [0.15, 0.2) is 17.6 Å². The van der Waals surface area contributed by atoms with Crippen LogP contribution in [-0.2, 0) is 20.9 Å². The summed E-state index contributed by atoms with van der Waals surface area (Å²) < 4.78 is 17.0. The molecule has 9 heteroatoms. The summed E-state index contributed by atoms with van der Waals surface area (Å²) in [4.78, 5) is 41.9. The summed E-state index contributed by atoms with van der Waals surface area (Å²) in [6.07, 6.45) is 1.05. The molecular formula is C19H25N3O6. The molecular weight excluding hydrogens is 366 g/mol. The van der Waals surface area contributed by atoms with Crippen molar-refractivity contribution in [2.24, 2.45) is 0 Å². The molecule has 0 saturated heterocycles. The molecule has 0 spiro atoms. The van der Waals surface area contributed by atoms with Gasteiger partial charge in [0.25, 0.3) is 11.5 Å². The van der Waals surface area contributed by atoms with Gasteiger partial charge in [0.1, 0.15) is 0 Å². The number of carbonyl (C=O) groups is 2. The monoisotopic (exact) mass is 391 g/mol. The topological polar surface area (TPSA) is 100.0 Å².